The fourth-order valence-electron chi connectivity index (χ4n) is 3.59. The molecule has 0 spiro atoms. The summed E-state index contributed by atoms with van der Waals surface area (Å²) in [6.45, 7) is 10.6. The molecular formula is C23H28N2O2. The minimum absolute atomic E-state index is 0.0452. The van der Waals surface area contributed by atoms with Crippen molar-refractivity contribution in [3.05, 3.63) is 70.3 Å². The summed E-state index contributed by atoms with van der Waals surface area (Å²) in [5.41, 5.74) is 4.87. The molecule has 4 nitrogen and oxygen atoms in total. The highest BCUT2D eigenvalue weighted by Crippen LogP contribution is 2.17. The predicted molar refractivity (Wildman–Crippen MR) is 108 cm³/mol. The van der Waals surface area contributed by atoms with Gasteiger partial charge in [-0.2, -0.15) is 0 Å². The topological polar surface area (TPSA) is 40.6 Å². The van der Waals surface area contributed by atoms with Gasteiger partial charge >= 0.3 is 0 Å². The third-order valence-corrected chi connectivity index (χ3v) is 5.15. The molecule has 0 aromatic heterocycles. The quantitative estimate of drug-likeness (QED) is 0.825. The van der Waals surface area contributed by atoms with Gasteiger partial charge in [-0.3, -0.25) is 9.59 Å². The Morgan fingerprint density at radius 3 is 1.63 bits per heavy atom. The van der Waals surface area contributed by atoms with Crippen LogP contribution in [0.25, 0.3) is 0 Å². The molecule has 0 unspecified atom stereocenters. The molecule has 1 saturated heterocycles. The molecule has 1 fully saturated rings. The molecule has 0 atom stereocenters. The van der Waals surface area contributed by atoms with Gasteiger partial charge in [0.2, 0.25) is 0 Å². The van der Waals surface area contributed by atoms with E-state index in [0.29, 0.717) is 37.7 Å². The maximum absolute atomic E-state index is 12.8. The zero-order valence-electron chi connectivity index (χ0n) is 16.7. The van der Waals surface area contributed by atoms with Crippen LogP contribution in [0.5, 0.6) is 0 Å². The van der Waals surface area contributed by atoms with Crippen molar-refractivity contribution in [3.8, 4) is 0 Å². The highest BCUT2D eigenvalue weighted by atomic mass is 16.2. The fraction of sp³-hybridized carbons (Fsp3) is 0.391. The number of aryl methyl sites for hydroxylation is 2. The van der Waals surface area contributed by atoms with E-state index in [1.807, 2.05) is 60.0 Å². The molecule has 3 rings (SSSR count). The Balaban J connectivity index is 1.62. The molecule has 142 valence electrons. The molecule has 1 heterocycles. The maximum atomic E-state index is 12.8. The Hall–Kier alpha value is -2.62. The van der Waals surface area contributed by atoms with Crippen LogP contribution in [0.15, 0.2) is 42.5 Å². The zero-order chi connectivity index (χ0) is 19.6. The van der Waals surface area contributed by atoms with Crippen molar-refractivity contribution >= 4 is 11.8 Å². The zero-order valence-corrected chi connectivity index (χ0v) is 16.7. The second-order valence-electron chi connectivity index (χ2n) is 7.74. The molecule has 2 amide bonds. The van der Waals surface area contributed by atoms with Crippen LogP contribution in [0.4, 0.5) is 0 Å². The summed E-state index contributed by atoms with van der Waals surface area (Å²) >= 11 is 0. The first kappa shape index (κ1) is 19.2. The number of amides is 2. The van der Waals surface area contributed by atoms with Crippen molar-refractivity contribution in [1.82, 2.24) is 9.80 Å². The first-order valence-corrected chi connectivity index (χ1v) is 9.62. The maximum Gasteiger partial charge on any atom is 0.253 e. The number of hydrogen-bond donors (Lipinski definition) is 0. The molecule has 4 heteroatoms. The van der Waals surface area contributed by atoms with Gasteiger partial charge in [0.1, 0.15) is 0 Å². The van der Waals surface area contributed by atoms with Gasteiger partial charge in [-0.1, -0.05) is 43.2 Å². The van der Waals surface area contributed by atoms with E-state index in [0.717, 1.165) is 16.7 Å². The van der Waals surface area contributed by atoms with Crippen molar-refractivity contribution in [1.29, 1.82) is 0 Å². The van der Waals surface area contributed by atoms with Crippen LogP contribution in [0, 0.1) is 13.8 Å². The van der Waals surface area contributed by atoms with Gasteiger partial charge in [0, 0.05) is 37.3 Å². The van der Waals surface area contributed by atoms with E-state index >= 15 is 0 Å². The van der Waals surface area contributed by atoms with Crippen LogP contribution in [-0.2, 0) is 0 Å². The van der Waals surface area contributed by atoms with Crippen molar-refractivity contribution in [2.45, 2.75) is 33.6 Å². The smallest absolute Gasteiger partial charge is 0.253 e. The summed E-state index contributed by atoms with van der Waals surface area (Å²) in [6.07, 6.45) is 0. The molecule has 1 aliphatic rings. The van der Waals surface area contributed by atoms with Gasteiger partial charge in [0.15, 0.2) is 0 Å². The van der Waals surface area contributed by atoms with Crippen LogP contribution >= 0.6 is 0 Å². The fourth-order valence-corrected chi connectivity index (χ4v) is 3.59. The highest BCUT2D eigenvalue weighted by Gasteiger charge is 2.25. The van der Waals surface area contributed by atoms with E-state index in [9.17, 15) is 9.59 Å². The predicted octanol–water partition coefficient (Wildman–Crippen LogP) is 4.03. The van der Waals surface area contributed by atoms with Crippen LogP contribution in [-0.4, -0.2) is 47.8 Å². The van der Waals surface area contributed by atoms with Crippen molar-refractivity contribution in [3.63, 3.8) is 0 Å². The summed E-state index contributed by atoms with van der Waals surface area (Å²) in [4.78, 5) is 29.2. The Morgan fingerprint density at radius 1 is 0.741 bits per heavy atom. The molecule has 0 radical (unpaired) electrons. The number of carbonyl (C=O) groups excluding carboxylic acids is 2. The van der Waals surface area contributed by atoms with Gasteiger partial charge in [-0.25, -0.2) is 0 Å². The number of nitrogens with zero attached hydrogens (tertiary/aromatic N) is 2. The van der Waals surface area contributed by atoms with Gasteiger partial charge < -0.3 is 9.80 Å². The normalized spacial score (nSPS) is 14.6. The Bertz CT molecular complexity index is 812. The van der Waals surface area contributed by atoms with E-state index in [1.165, 1.54) is 5.56 Å². The second-order valence-corrected chi connectivity index (χ2v) is 7.74. The highest BCUT2D eigenvalue weighted by molar-refractivity contribution is 5.96. The van der Waals surface area contributed by atoms with E-state index in [4.69, 9.17) is 0 Å². The number of rotatable bonds is 3. The SMILES string of the molecule is Cc1cc(C)cc(C(=O)N2CCN(C(=O)c3ccc(C(C)C)cc3)CC2)c1. The number of carbonyl (C=O) groups is 2. The molecule has 2 aromatic carbocycles. The van der Waals surface area contributed by atoms with Gasteiger partial charge in [-0.05, 0) is 49.6 Å². The van der Waals surface area contributed by atoms with Crippen LogP contribution in [0.1, 0.15) is 57.2 Å². The van der Waals surface area contributed by atoms with Crippen molar-refractivity contribution < 1.29 is 9.59 Å². The Kier molecular flexibility index (Phi) is 5.64. The molecule has 1 aliphatic heterocycles. The average Bonchev–Trinajstić information content (AvgIpc) is 2.66. The van der Waals surface area contributed by atoms with E-state index in [2.05, 4.69) is 19.9 Å². The van der Waals surface area contributed by atoms with Crippen molar-refractivity contribution in [2.24, 2.45) is 0 Å². The lowest BCUT2D eigenvalue weighted by Gasteiger charge is -2.35. The van der Waals surface area contributed by atoms with Crippen LogP contribution < -0.4 is 0 Å². The standard InChI is InChI=1S/C23H28N2O2/c1-16(2)19-5-7-20(8-6-19)22(26)24-9-11-25(12-10-24)23(27)21-14-17(3)13-18(4)15-21/h5-8,13-16H,9-12H2,1-4H3. The number of benzene rings is 2. The Labute approximate surface area is 161 Å². The molecule has 0 N–H and O–H groups in total. The van der Waals surface area contributed by atoms with E-state index in [-0.39, 0.29) is 11.8 Å². The minimum Gasteiger partial charge on any atom is -0.335 e. The third-order valence-electron chi connectivity index (χ3n) is 5.15. The van der Waals surface area contributed by atoms with E-state index in [1.54, 1.807) is 0 Å². The number of hydrogen-bond acceptors (Lipinski definition) is 2. The second kappa shape index (κ2) is 7.95. The molecule has 2 aromatic rings. The first-order chi connectivity index (χ1) is 12.8. The lowest BCUT2D eigenvalue weighted by Crippen LogP contribution is -2.50. The lowest BCUT2D eigenvalue weighted by atomic mass is 10.0. The van der Waals surface area contributed by atoms with Gasteiger partial charge in [-0.15, -0.1) is 0 Å². The largest absolute Gasteiger partial charge is 0.335 e. The first-order valence-electron chi connectivity index (χ1n) is 9.62. The third kappa shape index (κ3) is 4.38. The molecule has 27 heavy (non-hydrogen) atoms. The summed E-state index contributed by atoms with van der Waals surface area (Å²) < 4.78 is 0. The summed E-state index contributed by atoms with van der Waals surface area (Å²) in [7, 11) is 0. The molecule has 0 bridgehead atoms. The number of piperazine rings is 1. The summed E-state index contributed by atoms with van der Waals surface area (Å²) in [5.74, 6) is 0.549. The minimum atomic E-state index is 0.0452. The molecular weight excluding hydrogens is 336 g/mol. The summed E-state index contributed by atoms with van der Waals surface area (Å²) in [6, 6.07) is 13.8. The molecule has 0 aliphatic carbocycles. The van der Waals surface area contributed by atoms with Gasteiger partial charge in [0.25, 0.3) is 11.8 Å². The van der Waals surface area contributed by atoms with Crippen LogP contribution in [0.2, 0.25) is 0 Å². The summed E-state index contributed by atoms with van der Waals surface area (Å²) in [5, 5.41) is 0. The lowest BCUT2D eigenvalue weighted by molar-refractivity contribution is 0.0535. The molecule has 0 saturated carbocycles. The monoisotopic (exact) mass is 364 g/mol. The van der Waals surface area contributed by atoms with E-state index < -0.39 is 0 Å². The Morgan fingerprint density at radius 2 is 1.19 bits per heavy atom. The van der Waals surface area contributed by atoms with Crippen molar-refractivity contribution in [2.75, 3.05) is 26.2 Å². The van der Waals surface area contributed by atoms with Gasteiger partial charge in [0.05, 0.1) is 0 Å². The van der Waals surface area contributed by atoms with Crippen LogP contribution in [0.3, 0.4) is 0 Å². The average molecular weight is 364 g/mol.